The Morgan fingerprint density at radius 1 is 1.40 bits per heavy atom. The van der Waals surface area contributed by atoms with Crippen LogP contribution in [0.1, 0.15) is 11.1 Å². The van der Waals surface area contributed by atoms with Crippen LogP contribution in [0.2, 0.25) is 0 Å². The second-order valence-electron chi connectivity index (χ2n) is 5.09. The number of allylic oxidation sites excluding steroid dienone is 1. The van der Waals surface area contributed by atoms with E-state index in [0.717, 1.165) is 24.2 Å². The Morgan fingerprint density at radius 3 is 2.95 bits per heavy atom. The third kappa shape index (κ3) is 2.04. The van der Waals surface area contributed by atoms with Crippen molar-refractivity contribution in [2.75, 3.05) is 6.54 Å². The molecule has 0 aliphatic carbocycles. The Kier molecular flexibility index (Phi) is 2.96. The van der Waals surface area contributed by atoms with Crippen molar-refractivity contribution in [3.63, 3.8) is 0 Å². The summed E-state index contributed by atoms with van der Waals surface area (Å²) >= 11 is 0. The molecule has 4 nitrogen and oxygen atoms in total. The van der Waals surface area contributed by atoms with Crippen molar-refractivity contribution < 1.29 is 0 Å². The highest BCUT2D eigenvalue weighted by Crippen LogP contribution is 2.30. The van der Waals surface area contributed by atoms with Gasteiger partial charge in [-0.05, 0) is 23.6 Å². The van der Waals surface area contributed by atoms with Crippen LogP contribution in [-0.4, -0.2) is 11.4 Å². The number of rotatable bonds is 2. The zero-order chi connectivity index (χ0) is 14.1. The lowest BCUT2D eigenvalue weighted by Crippen LogP contribution is -2.22. The lowest BCUT2D eigenvalue weighted by Gasteiger charge is -2.17. The zero-order valence-corrected chi connectivity index (χ0v) is 11.4. The van der Waals surface area contributed by atoms with Crippen LogP contribution in [0.5, 0.6) is 0 Å². The number of dihydropyridines is 1. The SMILES string of the molecule is Cc1ccccc1CN1C=C2C(=CNC(N)=C2C#N)C1. The largest absolute Gasteiger partial charge is 0.384 e. The van der Waals surface area contributed by atoms with E-state index in [4.69, 9.17) is 5.73 Å². The molecule has 1 aromatic rings. The Hall–Kier alpha value is -2.67. The molecule has 0 atom stereocenters. The van der Waals surface area contributed by atoms with Crippen molar-refractivity contribution in [2.45, 2.75) is 13.5 Å². The molecule has 0 unspecified atom stereocenters. The van der Waals surface area contributed by atoms with E-state index in [2.05, 4.69) is 41.4 Å². The van der Waals surface area contributed by atoms with Crippen LogP contribution >= 0.6 is 0 Å². The van der Waals surface area contributed by atoms with Gasteiger partial charge in [-0.15, -0.1) is 0 Å². The number of hydrogen-bond acceptors (Lipinski definition) is 4. The molecule has 2 aliphatic heterocycles. The van der Waals surface area contributed by atoms with Crippen molar-refractivity contribution in [3.8, 4) is 6.07 Å². The first-order chi connectivity index (χ1) is 9.69. The Morgan fingerprint density at radius 2 is 2.20 bits per heavy atom. The first-order valence-corrected chi connectivity index (χ1v) is 6.55. The molecule has 1 aromatic carbocycles. The van der Waals surface area contributed by atoms with Crippen LogP contribution in [0.15, 0.2) is 59.2 Å². The summed E-state index contributed by atoms with van der Waals surface area (Å²) in [5.74, 6) is 0.431. The van der Waals surface area contributed by atoms with E-state index in [1.807, 2.05) is 18.5 Å². The fourth-order valence-corrected chi connectivity index (χ4v) is 2.57. The predicted octanol–water partition coefficient (Wildman–Crippen LogP) is 1.88. The monoisotopic (exact) mass is 264 g/mol. The number of nitrogens with zero attached hydrogens (tertiary/aromatic N) is 2. The summed E-state index contributed by atoms with van der Waals surface area (Å²) in [6, 6.07) is 10.5. The average molecular weight is 264 g/mol. The molecule has 0 saturated carbocycles. The summed E-state index contributed by atoms with van der Waals surface area (Å²) in [5.41, 5.74) is 11.0. The Balaban J connectivity index is 1.86. The number of nitrogens with two attached hydrogens (primary N) is 1. The highest BCUT2D eigenvalue weighted by Gasteiger charge is 2.25. The van der Waals surface area contributed by atoms with E-state index < -0.39 is 0 Å². The molecule has 3 N–H and O–H groups in total. The van der Waals surface area contributed by atoms with Gasteiger partial charge in [0.25, 0.3) is 0 Å². The van der Waals surface area contributed by atoms with Gasteiger partial charge in [0.15, 0.2) is 0 Å². The normalized spacial score (nSPS) is 17.1. The lowest BCUT2D eigenvalue weighted by molar-refractivity contribution is 0.418. The minimum Gasteiger partial charge on any atom is -0.384 e. The molecule has 0 fully saturated rings. The van der Waals surface area contributed by atoms with Crippen LogP contribution in [0, 0.1) is 18.3 Å². The third-order valence-corrected chi connectivity index (χ3v) is 3.72. The number of benzene rings is 1. The molecule has 0 aromatic heterocycles. The molecule has 0 spiro atoms. The maximum Gasteiger partial charge on any atom is 0.119 e. The number of hydrogen-bond donors (Lipinski definition) is 2. The first-order valence-electron chi connectivity index (χ1n) is 6.55. The highest BCUT2D eigenvalue weighted by molar-refractivity contribution is 5.59. The minimum absolute atomic E-state index is 0.431. The van der Waals surface area contributed by atoms with Gasteiger partial charge in [0.05, 0.1) is 0 Å². The minimum atomic E-state index is 0.431. The molecule has 3 rings (SSSR count). The van der Waals surface area contributed by atoms with Crippen LogP contribution < -0.4 is 11.1 Å². The smallest absolute Gasteiger partial charge is 0.119 e. The van der Waals surface area contributed by atoms with Crippen molar-refractivity contribution in [2.24, 2.45) is 5.73 Å². The summed E-state index contributed by atoms with van der Waals surface area (Å²) < 4.78 is 0. The van der Waals surface area contributed by atoms with Crippen molar-refractivity contribution in [3.05, 3.63) is 70.3 Å². The Bertz CT molecular complexity index is 689. The molecular formula is C16H16N4. The summed E-state index contributed by atoms with van der Waals surface area (Å²) in [5, 5.41) is 12.2. The van der Waals surface area contributed by atoms with E-state index in [9.17, 15) is 5.26 Å². The molecule has 4 heteroatoms. The predicted molar refractivity (Wildman–Crippen MR) is 77.7 cm³/mol. The van der Waals surface area contributed by atoms with E-state index in [1.54, 1.807) is 0 Å². The van der Waals surface area contributed by atoms with Crippen molar-refractivity contribution >= 4 is 0 Å². The van der Waals surface area contributed by atoms with Crippen LogP contribution in [-0.2, 0) is 6.54 Å². The van der Waals surface area contributed by atoms with Gasteiger partial charge in [0.1, 0.15) is 17.5 Å². The zero-order valence-electron chi connectivity index (χ0n) is 11.4. The van der Waals surface area contributed by atoms with Gasteiger partial charge in [-0.1, -0.05) is 24.3 Å². The summed E-state index contributed by atoms with van der Waals surface area (Å²) in [6.07, 6.45) is 3.92. The number of nitrogens with one attached hydrogen (secondary N) is 1. The standard InChI is InChI=1S/C16H16N4/c1-11-4-2-3-5-12(11)8-20-9-13-7-19-16(18)14(6-17)15(13)10-20/h2-5,7,10,19H,8-9,18H2,1H3. The van der Waals surface area contributed by atoms with Crippen LogP contribution in [0.3, 0.4) is 0 Å². The maximum absolute atomic E-state index is 9.21. The third-order valence-electron chi connectivity index (χ3n) is 3.72. The fourth-order valence-electron chi connectivity index (χ4n) is 2.57. The number of fused-ring (bicyclic) bond motifs is 1. The topological polar surface area (TPSA) is 65.1 Å². The quantitative estimate of drug-likeness (QED) is 0.856. The molecule has 100 valence electrons. The average Bonchev–Trinajstić information content (AvgIpc) is 2.84. The van der Waals surface area contributed by atoms with Gasteiger partial charge in [0.2, 0.25) is 0 Å². The van der Waals surface area contributed by atoms with E-state index in [-0.39, 0.29) is 0 Å². The second-order valence-corrected chi connectivity index (χ2v) is 5.09. The Labute approximate surface area is 118 Å². The molecule has 0 saturated heterocycles. The number of aryl methyl sites for hydroxylation is 1. The van der Waals surface area contributed by atoms with E-state index in [1.165, 1.54) is 11.1 Å². The first kappa shape index (κ1) is 12.4. The van der Waals surface area contributed by atoms with E-state index >= 15 is 0 Å². The molecule has 2 heterocycles. The van der Waals surface area contributed by atoms with Gasteiger partial charge in [-0.3, -0.25) is 0 Å². The van der Waals surface area contributed by atoms with Crippen molar-refractivity contribution in [1.82, 2.24) is 10.2 Å². The highest BCUT2D eigenvalue weighted by atomic mass is 15.1. The summed E-state index contributed by atoms with van der Waals surface area (Å²) in [7, 11) is 0. The number of nitriles is 1. The van der Waals surface area contributed by atoms with Gasteiger partial charge in [0, 0.05) is 31.1 Å². The molecular weight excluding hydrogens is 248 g/mol. The molecule has 2 aliphatic rings. The van der Waals surface area contributed by atoms with Crippen LogP contribution in [0.4, 0.5) is 0 Å². The second kappa shape index (κ2) is 4.78. The van der Waals surface area contributed by atoms with E-state index in [0.29, 0.717) is 11.4 Å². The van der Waals surface area contributed by atoms with Gasteiger partial charge >= 0.3 is 0 Å². The molecule has 20 heavy (non-hydrogen) atoms. The molecule has 0 radical (unpaired) electrons. The maximum atomic E-state index is 9.21. The summed E-state index contributed by atoms with van der Waals surface area (Å²) in [6.45, 7) is 3.76. The van der Waals surface area contributed by atoms with Crippen molar-refractivity contribution in [1.29, 1.82) is 5.26 Å². The van der Waals surface area contributed by atoms with Gasteiger partial charge in [-0.25, -0.2) is 0 Å². The van der Waals surface area contributed by atoms with Gasteiger partial charge < -0.3 is 16.0 Å². The van der Waals surface area contributed by atoms with Crippen LogP contribution in [0.25, 0.3) is 0 Å². The lowest BCUT2D eigenvalue weighted by atomic mass is 10.0. The fraction of sp³-hybridized carbons (Fsp3) is 0.188. The molecule has 0 bridgehead atoms. The molecule has 0 amide bonds. The summed E-state index contributed by atoms with van der Waals surface area (Å²) in [4.78, 5) is 2.21. The van der Waals surface area contributed by atoms with Gasteiger partial charge in [-0.2, -0.15) is 5.26 Å².